The summed E-state index contributed by atoms with van der Waals surface area (Å²) in [6.07, 6.45) is 1.55. The SMILES string of the molecule is COc1cccn(C(C)C(=O)c2ccc3c(c2)N(C)C(=O)CO3)c1=O. The molecule has 1 unspecified atom stereocenters. The number of hydrogen-bond donors (Lipinski definition) is 0. The summed E-state index contributed by atoms with van der Waals surface area (Å²) in [5.41, 5.74) is 0.554. The van der Waals surface area contributed by atoms with Crippen molar-refractivity contribution in [2.75, 3.05) is 25.7 Å². The van der Waals surface area contributed by atoms with E-state index in [-0.39, 0.29) is 29.6 Å². The number of hydrogen-bond acceptors (Lipinski definition) is 5. The number of benzene rings is 1. The lowest BCUT2D eigenvalue weighted by Crippen LogP contribution is -2.35. The molecule has 2 heterocycles. The Balaban J connectivity index is 1.96. The minimum absolute atomic E-state index is 0.0214. The number of ketones is 1. The number of pyridine rings is 1. The predicted molar refractivity (Wildman–Crippen MR) is 91.6 cm³/mol. The molecule has 0 aliphatic carbocycles. The lowest BCUT2D eigenvalue weighted by molar-refractivity contribution is -0.120. The first-order valence-corrected chi connectivity index (χ1v) is 7.76. The van der Waals surface area contributed by atoms with Crippen molar-refractivity contribution in [2.45, 2.75) is 13.0 Å². The Bertz CT molecular complexity index is 903. The molecule has 0 bridgehead atoms. The molecule has 1 aliphatic rings. The van der Waals surface area contributed by atoms with Gasteiger partial charge in [0.25, 0.3) is 11.5 Å². The second-order valence-electron chi connectivity index (χ2n) is 5.75. The molecule has 130 valence electrons. The van der Waals surface area contributed by atoms with E-state index in [4.69, 9.17) is 9.47 Å². The molecular formula is C18H18N2O5. The normalized spacial score (nSPS) is 14.5. The molecule has 2 aromatic rings. The van der Waals surface area contributed by atoms with E-state index in [0.29, 0.717) is 17.0 Å². The third-order valence-corrected chi connectivity index (χ3v) is 4.29. The van der Waals surface area contributed by atoms with Gasteiger partial charge in [0.15, 0.2) is 18.1 Å². The summed E-state index contributed by atoms with van der Waals surface area (Å²) in [5, 5.41) is 0. The Morgan fingerprint density at radius 2 is 2.04 bits per heavy atom. The number of carbonyl (C=O) groups is 2. The van der Waals surface area contributed by atoms with Gasteiger partial charge in [0, 0.05) is 18.8 Å². The average Bonchev–Trinajstić information content (AvgIpc) is 2.63. The molecule has 1 amide bonds. The molecule has 1 atom stereocenters. The number of Topliss-reactive ketones (excluding diaryl/α,β-unsaturated/α-hetero) is 1. The molecule has 1 aromatic heterocycles. The van der Waals surface area contributed by atoms with E-state index in [2.05, 4.69) is 0 Å². The molecule has 25 heavy (non-hydrogen) atoms. The summed E-state index contributed by atoms with van der Waals surface area (Å²) in [6, 6.07) is 7.38. The first-order chi connectivity index (χ1) is 11.9. The number of fused-ring (bicyclic) bond motifs is 1. The van der Waals surface area contributed by atoms with E-state index < -0.39 is 6.04 Å². The number of ether oxygens (including phenoxy) is 2. The maximum absolute atomic E-state index is 12.8. The van der Waals surface area contributed by atoms with Gasteiger partial charge in [-0.25, -0.2) is 0 Å². The zero-order valence-electron chi connectivity index (χ0n) is 14.2. The lowest BCUT2D eigenvalue weighted by Gasteiger charge is -2.26. The Kier molecular flexibility index (Phi) is 4.31. The third kappa shape index (κ3) is 2.88. The van der Waals surface area contributed by atoms with Gasteiger partial charge in [-0.2, -0.15) is 0 Å². The summed E-state index contributed by atoms with van der Waals surface area (Å²) >= 11 is 0. The van der Waals surface area contributed by atoms with E-state index in [1.54, 1.807) is 50.5 Å². The van der Waals surface area contributed by atoms with E-state index >= 15 is 0 Å². The quantitative estimate of drug-likeness (QED) is 0.790. The zero-order chi connectivity index (χ0) is 18.1. The van der Waals surface area contributed by atoms with Crippen LogP contribution in [0.5, 0.6) is 11.5 Å². The van der Waals surface area contributed by atoms with Crippen molar-refractivity contribution in [1.82, 2.24) is 4.57 Å². The number of carbonyl (C=O) groups excluding carboxylic acids is 2. The highest BCUT2D eigenvalue weighted by Gasteiger charge is 2.25. The van der Waals surface area contributed by atoms with E-state index in [1.807, 2.05) is 0 Å². The minimum atomic E-state index is -0.717. The fraction of sp³-hybridized carbons (Fsp3) is 0.278. The zero-order valence-corrected chi connectivity index (χ0v) is 14.2. The van der Waals surface area contributed by atoms with Crippen LogP contribution in [0.2, 0.25) is 0 Å². The summed E-state index contributed by atoms with van der Waals surface area (Å²) in [4.78, 5) is 38.4. The predicted octanol–water partition coefficient (Wildman–Crippen LogP) is 1.66. The Labute approximate surface area is 144 Å². The van der Waals surface area contributed by atoms with Crippen molar-refractivity contribution in [3.8, 4) is 11.5 Å². The highest BCUT2D eigenvalue weighted by atomic mass is 16.5. The van der Waals surface area contributed by atoms with E-state index in [0.717, 1.165) is 0 Å². The van der Waals surface area contributed by atoms with Crippen molar-refractivity contribution in [2.24, 2.45) is 0 Å². The summed E-state index contributed by atoms with van der Waals surface area (Å²) in [7, 11) is 3.04. The van der Waals surface area contributed by atoms with Crippen LogP contribution in [0.3, 0.4) is 0 Å². The van der Waals surface area contributed by atoms with E-state index in [1.165, 1.54) is 16.6 Å². The van der Waals surface area contributed by atoms with Crippen LogP contribution in [0.4, 0.5) is 5.69 Å². The van der Waals surface area contributed by atoms with Gasteiger partial charge in [-0.15, -0.1) is 0 Å². The summed E-state index contributed by atoms with van der Waals surface area (Å²) in [5.74, 6) is 0.287. The van der Waals surface area contributed by atoms with Crippen molar-refractivity contribution in [1.29, 1.82) is 0 Å². The molecular weight excluding hydrogens is 324 g/mol. The first-order valence-electron chi connectivity index (χ1n) is 7.76. The largest absolute Gasteiger partial charge is 0.491 e. The van der Waals surface area contributed by atoms with Crippen molar-refractivity contribution >= 4 is 17.4 Å². The Morgan fingerprint density at radius 3 is 2.76 bits per heavy atom. The summed E-state index contributed by atoms with van der Waals surface area (Å²) in [6.45, 7) is 1.63. The monoisotopic (exact) mass is 342 g/mol. The van der Waals surface area contributed by atoms with Gasteiger partial charge >= 0.3 is 0 Å². The van der Waals surface area contributed by atoms with Crippen LogP contribution in [-0.4, -0.2) is 37.0 Å². The fourth-order valence-corrected chi connectivity index (χ4v) is 2.74. The number of methoxy groups -OCH3 is 1. The highest BCUT2D eigenvalue weighted by Crippen LogP contribution is 2.32. The Hall–Kier alpha value is -3.09. The minimum Gasteiger partial charge on any atom is -0.491 e. The van der Waals surface area contributed by atoms with Gasteiger partial charge in [0.05, 0.1) is 18.8 Å². The van der Waals surface area contributed by atoms with Crippen LogP contribution < -0.4 is 19.9 Å². The number of rotatable bonds is 4. The molecule has 0 fully saturated rings. The topological polar surface area (TPSA) is 77.8 Å². The second-order valence-corrected chi connectivity index (χ2v) is 5.75. The van der Waals surface area contributed by atoms with Crippen LogP contribution >= 0.6 is 0 Å². The van der Waals surface area contributed by atoms with Crippen LogP contribution in [0.15, 0.2) is 41.3 Å². The number of amides is 1. The van der Waals surface area contributed by atoms with Crippen LogP contribution in [0, 0.1) is 0 Å². The standard InChI is InChI=1S/C18H18N2O5/c1-11(20-8-4-5-15(24-3)18(20)23)17(22)12-6-7-14-13(9-12)19(2)16(21)10-25-14/h4-9,11H,10H2,1-3H3. The average molecular weight is 342 g/mol. The first kappa shape index (κ1) is 16.8. The number of aromatic nitrogens is 1. The smallest absolute Gasteiger partial charge is 0.293 e. The molecule has 0 saturated carbocycles. The van der Waals surface area contributed by atoms with Crippen LogP contribution in [-0.2, 0) is 4.79 Å². The van der Waals surface area contributed by atoms with Gasteiger partial charge < -0.3 is 18.9 Å². The number of nitrogens with zero attached hydrogens (tertiary/aromatic N) is 2. The molecule has 1 aliphatic heterocycles. The van der Waals surface area contributed by atoms with Crippen molar-refractivity contribution in [3.63, 3.8) is 0 Å². The van der Waals surface area contributed by atoms with Gasteiger partial charge in [0.1, 0.15) is 5.75 Å². The molecule has 0 spiro atoms. The molecule has 1 aromatic carbocycles. The van der Waals surface area contributed by atoms with Crippen LogP contribution in [0.1, 0.15) is 23.3 Å². The molecule has 7 heteroatoms. The Morgan fingerprint density at radius 1 is 1.28 bits per heavy atom. The van der Waals surface area contributed by atoms with Gasteiger partial charge in [-0.05, 0) is 37.3 Å². The van der Waals surface area contributed by atoms with Gasteiger partial charge in [-0.3, -0.25) is 14.4 Å². The van der Waals surface area contributed by atoms with Crippen molar-refractivity contribution in [3.05, 3.63) is 52.4 Å². The number of likely N-dealkylation sites (N-methyl/N-ethyl adjacent to an activating group) is 1. The molecule has 3 rings (SSSR count). The second kappa shape index (κ2) is 6.43. The third-order valence-electron chi connectivity index (χ3n) is 4.29. The van der Waals surface area contributed by atoms with Gasteiger partial charge in [0.2, 0.25) is 0 Å². The fourth-order valence-electron chi connectivity index (χ4n) is 2.74. The molecule has 0 N–H and O–H groups in total. The van der Waals surface area contributed by atoms with Crippen LogP contribution in [0.25, 0.3) is 0 Å². The molecule has 0 saturated heterocycles. The van der Waals surface area contributed by atoms with Gasteiger partial charge in [-0.1, -0.05) is 0 Å². The summed E-state index contributed by atoms with van der Waals surface area (Å²) < 4.78 is 11.7. The molecule has 7 nitrogen and oxygen atoms in total. The molecule has 0 radical (unpaired) electrons. The van der Waals surface area contributed by atoms with Crippen molar-refractivity contribution < 1.29 is 19.1 Å². The maximum Gasteiger partial charge on any atom is 0.293 e. The van der Waals surface area contributed by atoms with E-state index in [9.17, 15) is 14.4 Å². The maximum atomic E-state index is 12.8. The lowest BCUT2D eigenvalue weighted by atomic mass is 10.0. The number of anilines is 1. The highest BCUT2D eigenvalue weighted by molar-refractivity contribution is 6.03.